The Kier molecular flexibility index (Phi) is 8.66. The molecule has 1 amide bonds. The van der Waals surface area contributed by atoms with E-state index in [1.54, 1.807) is 18.2 Å². The molecule has 30 heavy (non-hydrogen) atoms. The minimum absolute atomic E-state index is 0.192. The van der Waals surface area contributed by atoms with Crippen LogP contribution in [0.5, 0.6) is 5.75 Å². The van der Waals surface area contributed by atoms with Crippen LogP contribution in [0.15, 0.2) is 42.5 Å². The number of nitrogens with zero attached hydrogens (tertiary/aromatic N) is 1. The van der Waals surface area contributed by atoms with Gasteiger partial charge in [0.15, 0.2) is 0 Å². The molecule has 0 unspecified atom stereocenters. The van der Waals surface area contributed by atoms with Gasteiger partial charge in [0.2, 0.25) is 11.0 Å². The minimum Gasteiger partial charge on any atom is -0.496 e. The number of hydrogen-bond acceptors (Lipinski definition) is 5. The zero-order valence-electron chi connectivity index (χ0n) is 17.2. The van der Waals surface area contributed by atoms with Gasteiger partial charge in [-0.05, 0) is 66.3 Å². The van der Waals surface area contributed by atoms with E-state index in [0.717, 1.165) is 22.3 Å². The Morgan fingerprint density at radius 2 is 1.97 bits per heavy atom. The predicted octanol–water partition coefficient (Wildman–Crippen LogP) is 4.22. The highest BCUT2D eigenvalue weighted by atomic mass is 32.1. The Hall–Kier alpha value is -3.08. The first-order chi connectivity index (χ1) is 14.4. The molecule has 0 aliphatic carbocycles. The van der Waals surface area contributed by atoms with Gasteiger partial charge in [-0.1, -0.05) is 18.2 Å². The number of hydroxylamine groups is 1. The van der Waals surface area contributed by atoms with Crippen LogP contribution in [0, 0.1) is 18.3 Å². The highest BCUT2D eigenvalue weighted by Crippen LogP contribution is 2.33. The first-order valence-corrected chi connectivity index (χ1v) is 9.80. The molecule has 0 saturated heterocycles. The van der Waals surface area contributed by atoms with Gasteiger partial charge in [-0.2, -0.15) is 5.26 Å². The van der Waals surface area contributed by atoms with Gasteiger partial charge in [-0.3, -0.25) is 14.4 Å². The number of rotatable bonds is 9. The summed E-state index contributed by atoms with van der Waals surface area (Å²) in [6, 6.07) is 13.1. The molecule has 6 nitrogen and oxygen atoms in total. The molecular formula is C23H24N2O4S. The maximum atomic E-state index is 12.1. The van der Waals surface area contributed by atoms with Crippen molar-refractivity contribution in [2.75, 3.05) is 14.2 Å². The van der Waals surface area contributed by atoms with Crippen LogP contribution in [0.1, 0.15) is 51.9 Å². The lowest BCUT2D eigenvalue weighted by molar-refractivity contribution is -0.131. The number of ether oxygens (including phenoxy) is 1. The van der Waals surface area contributed by atoms with Crippen molar-refractivity contribution in [3.63, 3.8) is 0 Å². The van der Waals surface area contributed by atoms with E-state index in [4.69, 9.17) is 4.74 Å². The van der Waals surface area contributed by atoms with Crippen LogP contribution in [-0.4, -0.2) is 25.2 Å². The Balaban J connectivity index is 2.48. The number of unbranched alkanes of at least 4 members (excludes halogenated alkanes) is 1. The fraction of sp³-hybridized carbons (Fsp3) is 0.261. The third kappa shape index (κ3) is 5.96. The van der Waals surface area contributed by atoms with Crippen LogP contribution in [-0.2, 0) is 9.63 Å². The standard InChI is InChI=1S/C23H24N2O4S/c1-15-11-18(13-20(23(27)30)22(15)28-2)19(9-4-5-10-21(26)25-29-3)17-8-6-7-16(12-17)14-24/h6-9,11-13H,4-5,10H2,1-3H3,(H,25,26)(H,27,30)/b19-9-. The Morgan fingerprint density at radius 3 is 2.60 bits per heavy atom. The van der Waals surface area contributed by atoms with Gasteiger partial charge in [0.1, 0.15) is 5.75 Å². The fourth-order valence-electron chi connectivity index (χ4n) is 3.19. The lowest BCUT2D eigenvalue weighted by Crippen LogP contribution is -2.21. The molecule has 0 atom stereocenters. The van der Waals surface area contributed by atoms with Gasteiger partial charge in [-0.25, -0.2) is 5.48 Å². The van der Waals surface area contributed by atoms with Crippen LogP contribution < -0.4 is 10.2 Å². The Bertz CT molecular complexity index is 1010. The molecule has 156 valence electrons. The van der Waals surface area contributed by atoms with E-state index in [0.29, 0.717) is 36.1 Å². The molecule has 0 radical (unpaired) electrons. The molecular weight excluding hydrogens is 400 g/mol. The Labute approximate surface area is 181 Å². The number of benzene rings is 2. The molecule has 0 heterocycles. The quantitative estimate of drug-likeness (QED) is 0.357. The number of methoxy groups -OCH3 is 1. The van der Waals surface area contributed by atoms with E-state index in [1.165, 1.54) is 14.2 Å². The SMILES string of the molecule is CONC(=O)CCC/C=C(/c1cccc(C#N)c1)c1cc(C)c(OC)c(C(=O)S)c1. The second kappa shape index (κ2) is 11.2. The molecule has 0 saturated carbocycles. The summed E-state index contributed by atoms with van der Waals surface area (Å²) < 4.78 is 5.37. The van der Waals surface area contributed by atoms with Crippen LogP contribution in [0.2, 0.25) is 0 Å². The molecule has 2 aromatic carbocycles. The molecule has 0 aliphatic rings. The third-order valence-corrected chi connectivity index (χ3v) is 4.74. The van der Waals surface area contributed by atoms with Gasteiger partial charge in [0, 0.05) is 6.42 Å². The zero-order valence-corrected chi connectivity index (χ0v) is 18.1. The number of carbonyl (C=O) groups excluding carboxylic acids is 2. The molecule has 0 fully saturated rings. The maximum Gasteiger partial charge on any atom is 0.243 e. The molecule has 1 N–H and O–H groups in total. The smallest absolute Gasteiger partial charge is 0.243 e. The summed E-state index contributed by atoms with van der Waals surface area (Å²) in [6.07, 6.45) is 3.56. The number of hydrogen-bond donors (Lipinski definition) is 2. The monoisotopic (exact) mass is 424 g/mol. The summed E-state index contributed by atoms with van der Waals surface area (Å²) in [5, 5.41) is 8.88. The summed E-state index contributed by atoms with van der Waals surface area (Å²) in [5.41, 5.74) is 6.52. The molecule has 0 bridgehead atoms. The van der Waals surface area contributed by atoms with E-state index in [1.807, 2.05) is 31.2 Å². The average Bonchev–Trinajstić information content (AvgIpc) is 2.73. The normalized spacial score (nSPS) is 11.0. The van der Waals surface area contributed by atoms with Gasteiger partial charge in [-0.15, -0.1) is 12.6 Å². The van der Waals surface area contributed by atoms with E-state index < -0.39 is 5.12 Å². The summed E-state index contributed by atoms with van der Waals surface area (Å²) in [5.74, 6) is 0.294. The summed E-state index contributed by atoms with van der Waals surface area (Å²) in [6.45, 7) is 1.86. The molecule has 0 aromatic heterocycles. The average molecular weight is 425 g/mol. The van der Waals surface area contributed by atoms with Crippen LogP contribution in [0.25, 0.3) is 5.57 Å². The second-order valence-corrected chi connectivity index (χ2v) is 7.02. The van der Waals surface area contributed by atoms with Crippen molar-refractivity contribution in [2.45, 2.75) is 26.2 Å². The molecule has 2 rings (SSSR count). The van der Waals surface area contributed by atoms with Gasteiger partial charge in [0.25, 0.3) is 0 Å². The van der Waals surface area contributed by atoms with Gasteiger partial charge < -0.3 is 4.74 Å². The van der Waals surface area contributed by atoms with Crippen molar-refractivity contribution in [3.05, 3.63) is 70.3 Å². The van der Waals surface area contributed by atoms with E-state index in [2.05, 4.69) is 29.0 Å². The van der Waals surface area contributed by atoms with E-state index in [9.17, 15) is 14.9 Å². The highest BCUT2D eigenvalue weighted by molar-refractivity contribution is 7.97. The molecule has 2 aromatic rings. The summed E-state index contributed by atoms with van der Waals surface area (Å²) >= 11 is 3.98. The first kappa shape index (κ1) is 23.2. The molecule has 7 heteroatoms. The number of nitriles is 1. The summed E-state index contributed by atoms with van der Waals surface area (Å²) in [4.78, 5) is 28.3. The van der Waals surface area contributed by atoms with Crippen molar-refractivity contribution in [1.82, 2.24) is 5.48 Å². The number of aryl methyl sites for hydroxylation is 1. The largest absolute Gasteiger partial charge is 0.496 e. The van der Waals surface area contributed by atoms with Gasteiger partial charge in [0.05, 0.1) is 31.4 Å². The lowest BCUT2D eigenvalue weighted by atomic mass is 9.92. The molecule has 0 spiro atoms. The van der Waals surface area contributed by atoms with E-state index in [-0.39, 0.29) is 5.91 Å². The van der Waals surface area contributed by atoms with Crippen LogP contribution >= 0.6 is 12.6 Å². The lowest BCUT2D eigenvalue weighted by Gasteiger charge is -2.15. The van der Waals surface area contributed by atoms with Crippen molar-refractivity contribution >= 4 is 29.2 Å². The van der Waals surface area contributed by atoms with Crippen molar-refractivity contribution in [2.24, 2.45) is 0 Å². The van der Waals surface area contributed by atoms with Crippen LogP contribution in [0.3, 0.4) is 0 Å². The predicted molar refractivity (Wildman–Crippen MR) is 118 cm³/mol. The van der Waals surface area contributed by atoms with Gasteiger partial charge >= 0.3 is 0 Å². The summed E-state index contributed by atoms with van der Waals surface area (Å²) in [7, 11) is 2.91. The van der Waals surface area contributed by atoms with Crippen LogP contribution in [0.4, 0.5) is 0 Å². The first-order valence-electron chi connectivity index (χ1n) is 9.36. The molecule has 0 aliphatic heterocycles. The zero-order chi connectivity index (χ0) is 22.1. The number of allylic oxidation sites excluding steroid dienone is 1. The van der Waals surface area contributed by atoms with Crippen molar-refractivity contribution < 1.29 is 19.2 Å². The third-order valence-electron chi connectivity index (χ3n) is 4.50. The highest BCUT2D eigenvalue weighted by Gasteiger charge is 2.16. The number of nitrogens with one attached hydrogen (secondary N) is 1. The number of amides is 1. The van der Waals surface area contributed by atoms with E-state index >= 15 is 0 Å². The van der Waals surface area contributed by atoms with Crippen molar-refractivity contribution in [1.29, 1.82) is 5.26 Å². The Morgan fingerprint density at radius 1 is 1.20 bits per heavy atom. The second-order valence-electron chi connectivity index (χ2n) is 6.61. The fourth-order valence-corrected chi connectivity index (χ4v) is 3.36. The topological polar surface area (TPSA) is 88.4 Å². The van der Waals surface area contributed by atoms with Crippen molar-refractivity contribution in [3.8, 4) is 11.8 Å². The number of thiol groups is 1. The number of carbonyl (C=O) groups is 2. The maximum absolute atomic E-state index is 12.1. The minimum atomic E-state index is -0.391.